The monoisotopic (exact) mass is 404 g/mol. The lowest BCUT2D eigenvalue weighted by Gasteiger charge is -2.25. The van der Waals surface area contributed by atoms with E-state index in [2.05, 4.69) is 54.9 Å². The minimum Gasteiger partial charge on any atom is -0.379 e. The first-order valence-corrected chi connectivity index (χ1v) is 11.0. The van der Waals surface area contributed by atoms with E-state index in [1.54, 1.807) is 12.3 Å². The van der Waals surface area contributed by atoms with Gasteiger partial charge in [-0.05, 0) is 22.6 Å². The van der Waals surface area contributed by atoms with Crippen molar-refractivity contribution in [3.8, 4) is 0 Å². The zero-order chi connectivity index (χ0) is 20.4. The number of aromatic amines is 1. The number of sulfonamides is 1. The molecule has 1 N–H and O–H groups in total. The van der Waals surface area contributed by atoms with Gasteiger partial charge in [0.2, 0.25) is 10.0 Å². The van der Waals surface area contributed by atoms with Crippen LogP contribution in [0.1, 0.15) is 31.9 Å². The molecular formula is C21H30N3O3S+. The van der Waals surface area contributed by atoms with E-state index in [1.807, 2.05) is 13.1 Å². The molecule has 2 aromatic rings. The van der Waals surface area contributed by atoms with Gasteiger partial charge in [0, 0.05) is 19.2 Å². The van der Waals surface area contributed by atoms with Gasteiger partial charge in [-0.2, -0.15) is 4.31 Å². The Kier molecular flexibility index (Phi) is 6.07. The van der Waals surface area contributed by atoms with Crippen molar-refractivity contribution in [2.24, 2.45) is 0 Å². The van der Waals surface area contributed by atoms with E-state index in [9.17, 15) is 8.42 Å². The second-order valence-corrected chi connectivity index (χ2v) is 10.2. The molecular weight excluding hydrogens is 374 g/mol. The van der Waals surface area contributed by atoms with Crippen LogP contribution in [0.4, 0.5) is 5.82 Å². The predicted octanol–water partition coefficient (Wildman–Crippen LogP) is 2.46. The van der Waals surface area contributed by atoms with Crippen molar-refractivity contribution in [1.82, 2.24) is 4.31 Å². The standard InChI is InChI=1S/C21H29N3O3S/c1-21(2,3)18-7-5-17(6-8-18)16-23(4)20-10-9-19(15-22-20)28(25,26)24-11-13-27-14-12-24/h5-10,15H,11-14,16H2,1-4H3/p+1. The number of hydrogen-bond acceptors (Lipinski definition) is 4. The second-order valence-electron chi connectivity index (χ2n) is 8.23. The summed E-state index contributed by atoms with van der Waals surface area (Å²) in [7, 11) is -1.49. The van der Waals surface area contributed by atoms with Crippen molar-refractivity contribution < 1.29 is 18.1 Å². The molecule has 7 heteroatoms. The molecule has 1 fully saturated rings. The lowest BCUT2D eigenvalue weighted by atomic mass is 9.87. The Morgan fingerprint density at radius 1 is 1.07 bits per heavy atom. The quantitative estimate of drug-likeness (QED) is 0.768. The highest BCUT2D eigenvalue weighted by molar-refractivity contribution is 7.89. The molecule has 6 nitrogen and oxygen atoms in total. The number of rotatable bonds is 5. The van der Waals surface area contributed by atoms with E-state index in [4.69, 9.17) is 4.74 Å². The van der Waals surface area contributed by atoms with Crippen molar-refractivity contribution in [3.05, 3.63) is 53.7 Å². The summed E-state index contributed by atoms with van der Waals surface area (Å²) in [5.74, 6) is 0.862. The number of hydrogen-bond donors (Lipinski definition) is 0. The molecule has 3 rings (SSSR count). The smallest absolute Gasteiger partial charge is 0.274 e. The van der Waals surface area contributed by atoms with Crippen molar-refractivity contribution >= 4 is 15.8 Å². The predicted molar refractivity (Wildman–Crippen MR) is 110 cm³/mol. The first-order valence-electron chi connectivity index (χ1n) is 9.58. The Balaban J connectivity index is 1.69. The second kappa shape index (κ2) is 8.19. The van der Waals surface area contributed by atoms with Crippen molar-refractivity contribution in [2.75, 3.05) is 38.3 Å². The maximum Gasteiger partial charge on any atom is 0.274 e. The summed E-state index contributed by atoms with van der Waals surface area (Å²) in [6, 6.07) is 12.1. The van der Waals surface area contributed by atoms with Crippen molar-refractivity contribution in [3.63, 3.8) is 0 Å². The number of morpholine rings is 1. The maximum atomic E-state index is 12.7. The molecule has 0 atom stereocenters. The van der Waals surface area contributed by atoms with Gasteiger partial charge < -0.3 is 4.74 Å². The highest BCUT2D eigenvalue weighted by atomic mass is 32.2. The van der Waals surface area contributed by atoms with Crippen LogP contribution in [-0.4, -0.2) is 46.1 Å². The molecule has 0 aliphatic carbocycles. The van der Waals surface area contributed by atoms with E-state index < -0.39 is 10.0 Å². The van der Waals surface area contributed by atoms with E-state index in [0.717, 1.165) is 12.4 Å². The molecule has 28 heavy (non-hydrogen) atoms. The largest absolute Gasteiger partial charge is 0.379 e. The van der Waals surface area contributed by atoms with E-state index in [-0.39, 0.29) is 10.3 Å². The lowest BCUT2D eigenvalue weighted by molar-refractivity contribution is -0.367. The van der Waals surface area contributed by atoms with Crippen LogP contribution in [-0.2, 0) is 26.7 Å². The number of pyridine rings is 1. The third kappa shape index (κ3) is 4.71. The van der Waals surface area contributed by atoms with Crippen LogP contribution < -0.4 is 9.88 Å². The molecule has 152 valence electrons. The fourth-order valence-corrected chi connectivity index (χ4v) is 4.58. The summed E-state index contributed by atoms with van der Waals surface area (Å²) in [5.41, 5.74) is 2.65. The fourth-order valence-electron chi connectivity index (χ4n) is 3.21. The molecule has 1 aromatic carbocycles. The Morgan fingerprint density at radius 2 is 1.71 bits per heavy atom. The van der Waals surface area contributed by atoms with Gasteiger partial charge in [0.25, 0.3) is 5.82 Å². The number of H-pyrrole nitrogens is 1. The van der Waals surface area contributed by atoms with Gasteiger partial charge >= 0.3 is 0 Å². The SMILES string of the molecule is CN(Cc1ccc(C(C)(C)C)cc1)c1ccc(S(=O)(=O)N2CCOCC2)c[nH+]1. The summed E-state index contributed by atoms with van der Waals surface area (Å²) < 4.78 is 32.1. The van der Waals surface area contributed by atoms with Crippen molar-refractivity contribution in [2.45, 2.75) is 37.6 Å². The highest BCUT2D eigenvalue weighted by Crippen LogP contribution is 2.23. The summed E-state index contributed by atoms with van der Waals surface area (Å²) in [4.78, 5) is 5.47. The first-order chi connectivity index (χ1) is 13.2. The average molecular weight is 405 g/mol. The fraction of sp³-hybridized carbons (Fsp3) is 0.476. The zero-order valence-corrected chi connectivity index (χ0v) is 17.9. The van der Waals surface area contributed by atoms with Gasteiger partial charge in [-0.15, -0.1) is 0 Å². The van der Waals surface area contributed by atoms with Gasteiger partial charge in [-0.25, -0.2) is 13.4 Å². The van der Waals surface area contributed by atoms with Crippen LogP contribution in [0.3, 0.4) is 0 Å². The van der Waals surface area contributed by atoms with Gasteiger partial charge in [-0.3, -0.25) is 4.90 Å². The van der Waals surface area contributed by atoms with E-state index in [1.165, 1.54) is 15.4 Å². The number of ether oxygens (including phenoxy) is 1. The third-order valence-corrected chi connectivity index (χ3v) is 6.92. The first kappa shape index (κ1) is 20.8. The molecule has 0 radical (unpaired) electrons. The molecule has 0 bridgehead atoms. The molecule has 2 heterocycles. The van der Waals surface area contributed by atoms with E-state index >= 15 is 0 Å². The van der Waals surface area contributed by atoms with Crippen LogP contribution >= 0.6 is 0 Å². The van der Waals surface area contributed by atoms with Gasteiger partial charge in [-0.1, -0.05) is 45.0 Å². The van der Waals surface area contributed by atoms with Crippen molar-refractivity contribution in [1.29, 1.82) is 0 Å². The van der Waals surface area contributed by atoms with Crippen LogP contribution in [0, 0.1) is 0 Å². The lowest BCUT2D eigenvalue weighted by Crippen LogP contribution is -2.41. The normalized spacial score (nSPS) is 16.1. The Morgan fingerprint density at radius 3 is 2.25 bits per heavy atom. The highest BCUT2D eigenvalue weighted by Gasteiger charge is 2.27. The molecule has 0 saturated carbocycles. The minimum absolute atomic E-state index is 0.139. The minimum atomic E-state index is -3.48. The van der Waals surface area contributed by atoms with Crippen LogP contribution in [0.5, 0.6) is 0 Å². The average Bonchev–Trinajstić information content (AvgIpc) is 2.68. The van der Waals surface area contributed by atoms with Gasteiger partial charge in [0.15, 0.2) is 0 Å². The summed E-state index contributed by atoms with van der Waals surface area (Å²) in [6.45, 7) is 9.02. The Labute approximate surface area is 168 Å². The number of benzene rings is 1. The van der Waals surface area contributed by atoms with Gasteiger partial charge in [0.1, 0.15) is 17.6 Å². The molecule has 0 spiro atoms. The van der Waals surface area contributed by atoms with Gasteiger partial charge in [0.05, 0.1) is 20.3 Å². The molecule has 1 aromatic heterocycles. The number of aromatic nitrogens is 1. The van der Waals surface area contributed by atoms with E-state index in [0.29, 0.717) is 26.3 Å². The van der Waals surface area contributed by atoms with Crippen LogP contribution in [0.15, 0.2) is 47.5 Å². The Hall–Kier alpha value is -1.96. The molecule has 0 unspecified atom stereocenters. The topological polar surface area (TPSA) is 64.0 Å². The summed E-state index contributed by atoms with van der Waals surface area (Å²) in [6.07, 6.45) is 1.57. The zero-order valence-electron chi connectivity index (χ0n) is 17.1. The third-order valence-electron chi connectivity index (χ3n) is 5.03. The molecule has 1 aliphatic heterocycles. The Bertz CT molecular complexity index is 882. The molecule has 0 amide bonds. The molecule has 1 saturated heterocycles. The number of nitrogens with one attached hydrogen (secondary N) is 1. The maximum absolute atomic E-state index is 12.7. The van der Waals surface area contributed by atoms with Crippen LogP contribution in [0.25, 0.3) is 0 Å². The summed E-state index contributed by atoms with van der Waals surface area (Å²) in [5, 5.41) is 0. The molecule has 1 aliphatic rings. The number of anilines is 1. The number of nitrogens with zero attached hydrogens (tertiary/aromatic N) is 2. The van der Waals surface area contributed by atoms with Crippen LogP contribution in [0.2, 0.25) is 0 Å². The summed E-state index contributed by atoms with van der Waals surface area (Å²) >= 11 is 0.